The van der Waals surface area contributed by atoms with Crippen molar-refractivity contribution in [3.8, 4) is 0 Å². The van der Waals surface area contributed by atoms with E-state index in [1.807, 2.05) is 49.6 Å². The number of thioether (sulfide) groups is 1. The molecule has 0 amide bonds. The molecule has 0 aliphatic rings. The van der Waals surface area contributed by atoms with Gasteiger partial charge in [0.25, 0.3) is 0 Å². The van der Waals surface area contributed by atoms with Crippen LogP contribution in [0.15, 0.2) is 29.4 Å². The first-order valence-electron chi connectivity index (χ1n) is 7.74. The van der Waals surface area contributed by atoms with Gasteiger partial charge in [-0.25, -0.2) is 0 Å². The maximum absolute atomic E-state index is 11.7. The Kier molecular flexibility index (Phi) is 6.93. The largest absolute Gasteiger partial charge is 0.462 e. The molecule has 0 aliphatic heterocycles. The number of carbonyl (C=O) groups is 1. The second-order valence-corrected chi connectivity index (χ2v) is 6.65. The number of ether oxygens (including phenoxy) is 1. The number of esters is 1. The van der Waals surface area contributed by atoms with E-state index in [0.29, 0.717) is 23.3 Å². The molecule has 0 bridgehead atoms. The molecule has 1 heterocycles. The van der Waals surface area contributed by atoms with Crippen LogP contribution in [0, 0.1) is 0 Å². The molecule has 0 fully saturated rings. The van der Waals surface area contributed by atoms with Crippen molar-refractivity contribution in [3.05, 3.63) is 35.1 Å². The standard InChI is InChI=1S/C16H21ClN4O2S/c1-4-21-14(9-18-13-8-6-5-7-12(13)17)19-20-16(21)24-10-15(22)23-11(2)3/h5-8,11,18H,4,9-10H2,1-3H3. The van der Waals surface area contributed by atoms with Crippen molar-refractivity contribution in [3.63, 3.8) is 0 Å². The van der Waals surface area contributed by atoms with Gasteiger partial charge in [0.1, 0.15) is 0 Å². The number of nitrogens with zero attached hydrogens (tertiary/aromatic N) is 3. The van der Waals surface area contributed by atoms with Crippen LogP contribution in [0.25, 0.3) is 0 Å². The molecule has 1 aromatic heterocycles. The number of carbonyl (C=O) groups excluding carboxylic acids is 1. The highest BCUT2D eigenvalue weighted by molar-refractivity contribution is 7.99. The summed E-state index contributed by atoms with van der Waals surface area (Å²) < 4.78 is 7.10. The second-order valence-electron chi connectivity index (χ2n) is 5.30. The van der Waals surface area contributed by atoms with Gasteiger partial charge in [-0.05, 0) is 32.9 Å². The third-order valence-electron chi connectivity index (χ3n) is 3.11. The summed E-state index contributed by atoms with van der Waals surface area (Å²) in [6.07, 6.45) is -0.113. The van der Waals surface area contributed by atoms with Crippen LogP contribution in [0.2, 0.25) is 5.02 Å². The van der Waals surface area contributed by atoms with E-state index in [0.717, 1.165) is 11.5 Å². The highest BCUT2D eigenvalue weighted by Gasteiger charge is 2.14. The minimum atomic E-state index is -0.253. The van der Waals surface area contributed by atoms with Gasteiger partial charge in [-0.15, -0.1) is 10.2 Å². The molecule has 1 aromatic carbocycles. The van der Waals surface area contributed by atoms with Crippen molar-refractivity contribution in [2.75, 3.05) is 11.1 Å². The summed E-state index contributed by atoms with van der Waals surface area (Å²) in [5.41, 5.74) is 0.847. The lowest BCUT2D eigenvalue weighted by atomic mass is 10.3. The molecule has 0 saturated heterocycles. The average molecular weight is 369 g/mol. The van der Waals surface area contributed by atoms with Crippen LogP contribution in [0.5, 0.6) is 0 Å². The topological polar surface area (TPSA) is 69.0 Å². The molecule has 0 radical (unpaired) electrons. The van der Waals surface area contributed by atoms with Gasteiger partial charge in [-0.2, -0.15) is 0 Å². The van der Waals surface area contributed by atoms with Crippen LogP contribution < -0.4 is 5.32 Å². The Balaban J connectivity index is 1.98. The van der Waals surface area contributed by atoms with Gasteiger partial charge in [0, 0.05) is 6.54 Å². The number of hydrogen-bond donors (Lipinski definition) is 1. The van der Waals surface area contributed by atoms with Gasteiger partial charge in [-0.3, -0.25) is 4.79 Å². The van der Waals surface area contributed by atoms with Crippen molar-refractivity contribution in [1.82, 2.24) is 14.8 Å². The second kappa shape index (κ2) is 8.94. The lowest BCUT2D eigenvalue weighted by molar-refractivity contribution is -0.144. The first-order valence-corrected chi connectivity index (χ1v) is 9.10. The minimum absolute atomic E-state index is 0.113. The van der Waals surface area contributed by atoms with Gasteiger partial charge in [0.05, 0.1) is 29.1 Å². The fraction of sp³-hybridized carbons (Fsp3) is 0.438. The summed E-state index contributed by atoms with van der Waals surface area (Å²) in [6, 6.07) is 7.54. The first kappa shape index (κ1) is 18.6. The van der Waals surface area contributed by atoms with Gasteiger partial charge >= 0.3 is 5.97 Å². The average Bonchev–Trinajstić information content (AvgIpc) is 2.93. The molecule has 0 atom stereocenters. The molecule has 0 spiro atoms. The smallest absolute Gasteiger partial charge is 0.316 e. The van der Waals surface area contributed by atoms with Crippen LogP contribution in [0.4, 0.5) is 5.69 Å². The van der Waals surface area contributed by atoms with Gasteiger partial charge in [0.2, 0.25) is 0 Å². The molecule has 2 rings (SSSR count). The van der Waals surface area contributed by atoms with Crippen LogP contribution in [-0.4, -0.2) is 32.6 Å². The summed E-state index contributed by atoms with van der Waals surface area (Å²) in [7, 11) is 0. The number of hydrogen-bond acceptors (Lipinski definition) is 6. The number of nitrogens with one attached hydrogen (secondary N) is 1. The van der Waals surface area contributed by atoms with Gasteiger partial charge < -0.3 is 14.6 Å². The molecule has 6 nitrogen and oxygen atoms in total. The Morgan fingerprint density at radius 2 is 2.12 bits per heavy atom. The Hall–Kier alpha value is -1.73. The Bertz CT molecular complexity index is 690. The van der Waals surface area contributed by atoms with Crippen molar-refractivity contribution in [2.45, 2.75) is 45.1 Å². The number of benzene rings is 1. The third-order valence-corrected chi connectivity index (χ3v) is 4.38. The normalized spacial score (nSPS) is 10.9. The zero-order valence-corrected chi connectivity index (χ0v) is 15.5. The summed E-state index contributed by atoms with van der Waals surface area (Å²) in [6.45, 7) is 6.89. The van der Waals surface area contributed by atoms with Crippen LogP contribution in [-0.2, 0) is 22.6 Å². The molecular weight excluding hydrogens is 348 g/mol. The van der Waals surface area contributed by atoms with Gasteiger partial charge in [-0.1, -0.05) is 35.5 Å². The number of para-hydroxylation sites is 1. The van der Waals surface area contributed by atoms with Crippen LogP contribution >= 0.6 is 23.4 Å². The zero-order chi connectivity index (χ0) is 17.5. The Morgan fingerprint density at radius 1 is 1.38 bits per heavy atom. The number of anilines is 1. The molecule has 2 aromatic rings. The molecule has 1 N–H and O–H groups in total. The quantitative estimate of drug-likeness (QED) is 0.567. The van der Waals surface area contributed by atoms with E-state index in [-0.39, 0.29) is 17.8 Å². The predicted octanol–water partition coefficient (Wildman–Crippen LogP) is 3.61. The highest BCUT2D eigenvalue weighted by Crippen LogP contribution is 2.22. The highest BCUT2D eigenvalue weighted by atomic mass is 35.5. The summed E-state index contributed by atoms with van der Waals surface area (Å²) in [5, 5.41) is 13.0. The minimum Gasteiger partial charge on any atom is -0.462 e. The molecular formula is C16H21ClN4O2S. The van der Waals surface area contributed by atoms with Crippen molar-refractivity contribution >= 4 is 35.0 Å². The van der Waals surface area contributed by atoms with E-state index in [4.69, 9.17) is 16.3 Å². The van der Waals surface area contributed by atoms with Crippen molar-refractivity contribution in [1.29, 1.82) is 0 Å². The predicted molar refractivity (Wildman–Crippen MR) is 96.4 cm³/mol. The summed E-state index contributed by atoms with van der Waals surface area (Å²) >= 11 is 7.46. The van der Waals surface area contributed by atoms with E-state index in [2.05, 4.69) is 15.5 Å². The molecule has 0 saturated carbocycles. The van der Waals surface area contributed by atoms with E-state index in [1.165, 1.54) is 11.8 Å². The lowest BCUT2D eigenvalue weighted by Gasteiger charge is -2.10. The first-order chi connectivity index (χ1) is 11.5. The van der Waals surface area contributed by atoms with Crippen LogP contribution in [0.3, 0.4) is 0 Å². The van der Waals surface area contributed by atoms with Crippen molar-refractivity contribution < 1.29 is 9.53 Å². The molecule has 24 heavy (non-hydrogen) atoms. The van der Waals surface area contributed by atoms with E-state index in [9.17, 15) is 4.79 Å². The lowest BCUT2D eigenvalue weighted by Crippen LogP contribution is -2.14. The SMILES string of the molecule is CCn1c(CNc2ccccc2Cl)nnc1SCC(=O)OC(C)C. The van der Waals surface area contributed by atoms with Crippen molar-refractivity contribution in [2.24, 2.45) is 0 Å². The monoisotopic (exact) mass is 368 g/mol. The fourth-order valence-corrected chi connectivity index (χ4v) is 3.08. The molecule has 130 valence electrons. The zero-order valence-electron chi connectivity index (χ0n) is 14.0. The Labute approximate surface area is 150 Å². The molecule has 0 aliphatic carbocycles. The third kappa shape index (κ3) is 5.14. The fourth-order valence-electron chi connectivity index (χ4n) is 2.07. The number of halogens is 1. The maximum atomic E-state index is 11.7. The van der Waals surface area contributed by atoms with E-state index >= 15 is 0 Å². The molecule has 8 heteroatoms. The maximum Gasteiger partial charge on any atom is 0.316 e. The number of rotatable bonds is 8. The summed E-state index contributed by atoms with van der Waals surface area (Å²) in [4.78, 5) is 11.7. The molecule has 0 unspecified atom stereocenters. The number of aromatic nitrogens is 3. The summed E-state index contributed by atoms with van der Waals surface area (Å²) in [5.74, 6) is 0.752. The Morgan fingerprint density at radius 3 is 2.79 bits per heavy atom. The van der Waals surface area contributed by atoms with E-state index in [1.54, 1.807) is 0 Å². The van der Waals surface area contributed by atoms with E-state index < -0.39 is 0 Å². The van der Waals surface area contributed by atoms with Gasteiger partial charge in [0.15, 0.2) is 11.0 Å². The van der Waals surface area contributed by atoms with Crippen LogP contribution in [0.1, 0.15) is 26.6 Å².